The first kappa shape index (κ1) is 26.1. The predicted molar refractivity (Wildman–Crippen MR) is 144 cm³/mol. The molecule has 0 atom stereocenters. The number of aromatic nitrogens is 4. The van der Waals surface area contributed by atoms with E-state index in [1.807, 2.05) is 13.0 Å². The minimum Gasteiger partial charge on any atom is -0.338 e. The Morgan fingerprint density at radius 1 is 1.25 bits per heavy atom. The summed E-state index contributed by atoms with van der Waals surface area (Å²) in [5, 5.41) is 9.47. The number of aryl methyl sites for hydroxylation is 3. The molecule has 8 heteroatoms. The van der Waals surface area contributed by atoms with Crippen molar-refractivity contribution in [1.29, 1.82) is 0 Å². The fourth-order valence-corrected chi connectivity index (χ4v) is 5.53. The molecule has 0 bridgehead atoms. The van der Waals surface area contributed by atoms with E-state index in [-0.39, 0.29) is 23.0 Å². The Morgan fingerprint density at radius 2 is 1.97 bits per heavy atom. The standard InChI is InChI=1S/C28H36ClN5O2/c1-7-11-34-25(30-17(3)27(34)24(35)12-18-15-33(16-18)26(36)8-2)10-9-22-19-13-20(28(4,5)6)21(29)14-23(19)32-31-22/h8,13-14,18H,2,7,9-12,15-16H2,1,3-6H3,(H,31,32). The van der Waals surface area contributed by atoms with Crippen molar-refractivity contribution < 1.29 is 9.59 Å². The third kappa shape index (κ3) is 5.12. The highest BCUT2D eigenvalue weighted by Gasteiger charge is 2.32. The van der Waals surface area contributed by atoms with Gasteiger partial charge in [0.15, 0.2) is 5.78 Å². The van der Waals surface area contributed by atoms with Crippen molar-refractivity contribution >= 4 is 34.2 Å². The van der Waals surface area contributed by atoms with E-state index in [4.69, 9.17) is 16.6 Å². The summed E-state index contributed by atoms with van der Waals surface area (Å²) >= 11 is 6.53. The number of hydrogen-bond acceptors (Lipinski definition) is 4. The van der Waals surface area contributed by atoms with Gasteiger partial charge >= 0.3 is 0 Å². The van der Waals surface area contributed by atoms with Crippen molar-refractivity contribution in [3.05, 3.63) is 58.3 Å². The van der Waals surface area contributed by atoms with Gasteiger partial charge in [0.1, 0.15) is 11.5 Å². The molecule has 36 heavy (non-hydrogen) atoms. The van der Waals surface area contributed by atoms with Crippen molar-refractivity contribution in [3.63, 3.8) is 0 Å². The lowest BCUT2D eigenvalue weighted by atomic mass is 9.86. The number of rotatable bonds is 9. The molecule has 3 aromatic rings. The molecule has 192 valence electrons. The predicted octanol–water partition coefficient (Wildman–Crippen LogP) is 5.43. The Kier molecular flexibility index (Phi) is 7.41. The smallest absolute Gasteiger partial charge is 0.245 e. The minimum atomic E-state index is -0.0728. The van der Waals surface area contributed by atoms with Crippen molar-refractivity contribution in [2.45, 2.75) is 72.3 Å². The number of imidazole rings is 1. The number of aromatic amines is 1. The number of H-pyrrole nitrogens is 1. The van der Waals surface area contributed by atoms with E-state index in [2.05, 4.69) is 55.1 Å². The Hall–Kier alpha value is -2.93. The Balaban J connectivity index is 1.53. The lowest BCUT2D eigenvalue weighted by molar-refractivity contribution is -0.132. The van der Waals surface area contributed by atoms with Gasteiger partial charge in [-0.2, -0.15) is 5.10 Å². The number of fused-ring (bicyclic) bond motifs is 1. The number of Topliss-reactive ketones (excluding diaryl/α,β-unsaturated/α-hetero) is 1. The van der Waals surface area contributed by atoms with Gasteiger partial charge in [-0.05, 0) is 49.0 Å². The number of amides is 1. The van der Waals surface area contributed by atoms with Gasteiger partial charge < -0.3 is 9.47 Å². The quantitative estimate of drug-likeness (QED) is 0.308. The van der Waals surface area contributed by atoms with Crippen LogP contribution in [0.4, 0.5) is 0 Å². The third-order valence-electron chi connectivity index (χ3n) is 6.98. The summed E-state index contributed by atoms with van der Waals surface area (Å²) < 4.78 is 2.10. The van der Waals surface area contributed by atoms with E-state index in [0.717, 1.165) is 58.1 Å². The second kappa shape index (κ2) is 10.2. The van der Waals surface area contributed by atoms with E-state index in [9.17, 15) is 9.59 Å². The maximum atomic E-state index is 13.3. The number of carbonyl (C=O) groups excluding carboxylic acids is 2. The molecule has 1 saturated heterocycles. The first-order chi connectivity index (χ1) is 17.0. The van der Waals surface area contributed by atoms with Crippen LogP contribution in [0.1, 0.15) is 73.8 Å². The molecule has 0 unspecified atom stereocenters. The Bertz CT molecular complexity index is 1310. The highest BCUT2D eigenvalue weighted by Crippen LogP contribution is 2.34. The summed E-state index contributed by atoms with van der Waals surface area (Å²) in [5.41, 5.74) is 4.41. The first-order valence-corrected chi connectivity index (χ1v) is 13.1. The van der Waals surface area contributed by atoms with E-state index in [0.29, 0.717) is 31.6 Å². The van der Waals surface area contributed by atoms with Gasteiger partial charge in [-0.3, -0.25) is 14.7 Å². The highest BCUT2D eigenvalue weighted by atomic mass is 35.5. The van der Waals surface area contributed by atoms with Gasteiger partial charge in [-0.1, -0.05) is 45.9 Å². The summed E-state index contributed by atoms with van der Waals surface area (Å²) in [7, 11) is 0. The fourth-order valence-electron chi connectivity index (χ4n) is 5.09. The number of halogens is 1. The molecule has 0 radical (unpaired) electrons. The zero-order valence-corrected chi connectivity index (χ0v) is 22.7. The van der Waals surface area contributed by atoms with Crippen LogP contribution in [0, 0.1) is 12.8 Å². The average Bonchev–Trinajstić information content (AvgIpc) is 3.32. The Labute approximate surface area is 217 Å². The first-order valence-electron chi connectivity index (χ1n) is 12.7. The lowest BCUT2D eigenvalue weighted by Crippen LogP contribution is -2.50. The molecule has 7 nitrogen and oxygen atoms in total. The summed E-state index contributed by atoms with van der Waals surface area (Å²) in [6, 6.07) is 4.08. The molecule has 1 amide bonds. The average molecular weight is 510 g/mol. The number of nitrogens with one attached hydrogen (secondary N) is 1. The SMILES string of the molecule is C=CC(=O)N1CC(CC(=O)c2c(C)nc(CCc3[nH]nc4cc(Cl)c(C(C)(C)C)cc34)n2CCC)C1. The summed E-state index contributed by atoms with van der Waals surface area (Å²) in [6.45, 7) is 16.0. The molecule has 1 aromatic carbocycles. The van der Waals surface area contributed by atoms with Crippen molar-refractivity contribution in [2.24, 2.45) is 5.92 Å². The molecule has 1 fully saturated rings. The molecule has 0 saturated carbocycles. The number of carbonyl (C=O) groups is 2. The van der Waals surface area contributed by atoms with Crippen LogP contribution in [0.2, 0.25) is 5.02 Å². The second-order valence-corrected chi connectivity index (χ2v) is 11.3. The van der Waals surface area contributed by atoms with Gasteiger partial charge in [-0.15, -0.1) is 0 Å². The largest absolute Gasteiger partial charge is 0.338 e. The van der Waals surface area contributed by atoms with Crippen LogP contribution in [-0.4, -0.2) is 49.4 Å². The maximum absolute atomic E-state index is 13.3. The molecule has 0 spiro atoms. The zero-order valence-electron chi connectivity index (χ0n) is 21.9. The molecular formula is C28H36ClN5O2. The van der Waals surface area contributed by atoms with Crippen molar-refractivity contribution in [1.82, 2.24) is 24.6 Å². The van der Waals surface area contributed by atoms with Crippen LogP contribution >= 0.6 is 11.6 Å². The highest BCUT2D eigenvalue weighted by molar-refractivity contribution is 6.32. The van der Waals surface area contributed by atoms with Gasteiger partial charge in [0, 0.05) is 54.5 Å². The molecule has 1 N–H and O–H groups in total. The van der Waals surface area contributed by atoms with Crippen LogP contribution < -0.4 is 0 Å². The second-order valence-electron chi connectivity index (χ2n) is 10.9. The maximum Gasteiger partial charge on any atom is 0.245 e. The molecular weight excluding hydrogens is 474 g/mol. The van der Waals surface area contributed by atoms with Crippen molar-refractivity contribution in [3.8, 4) is 0 Å². The van der Waals surface area contributed by atoms with Crippen LogP contribution in [0.3, 0.4) is 0 Å². The number of likely N-dealkylation sites (tertiary alicyclic amines) is 1. The normalized spacial score (nSPS) is 14.3. The lowest BCUT2D eigenvalue weighted by Gasteiger charge is -2.38. The topological polar surface area (TPSA) is 83.9 Å². The van der Waals surface area contributed by atoms with Gasteiger partial charge in [0.25, 0.3) is 0 Å². The molecule has 4 rings (SSSR count). The van der Waals surface area contributed by atoms with Gasteiger partial charge in [0.05, 0.1) is 11.2 Å². The van der Waals surface area contributed by atoms with Crippen LogP contribution in [-0.2, 0) is 29.6 Å². The number of hydrogen-bond donors (Lipinski definition) is 1. The molecule has 2 aromatic heterocycles. The fraction of sp³-hybridized carbons (Fsp3) is 0.500. The molecule has 0 aliphatic carbocycles. The van der Waals surface area contributed by atoms with Crippen molar-refractivity contribution in [2.75, 3.05) is 13.1 Å². The van der Waals surface area contributed by atoms with Crippen LogP contribution in [0.25, 0.3) is 10.9 Å². The molecule has 1 aliphatic heterocycles. The number of benzene rings is 1. The zero-order chi connectivity index (χ0) is 26.2. The summed E-state index contributed by atoms with van der Waals surface area (Å²) in [6.07, 6.45) is 4.10. The van der Waals surface area contributed by atoms with Crippen LogP contribution in [0.5, 0.6) is 0 Å². The van der Waals surface area contributed by atoms with E-state index in [1.54, 1.807) is 4.90 Å². The summed E-state index contributed by atoms with van der Waals surface area (Å²) in [5.74, 6) is 1.14. The van der Waals surface area contributed by atoms with Crippen LogP contribution in [0.15, 0.2) is 24.8 Å². The molecule has 1 aliphatic rings. The number of nitrogens with zero attached hydrogens (tertiary/aromatic N) is 4. The van der Waals surface area contributed by atoms with E-state index < -0.39 is 0 Å². The third-order valence-corrected chi connectivity index (χ3v) is 7.29. The minimum absolute atomic E-state index is 0.0694. The Morgan fingerprint density at radius 3 is 2.61 bits per heavy atom. The van der Waals surface area contributed by atoms with Gasteiger partial charge in [0.2, 0.25) is 5.91 Å². The molecule has 3 heterocycles. The number of ketones is 1. The monoisotopic (exact) mass is 509 g/mol. The van der Waals surface area contributed by atoms with E-state index >= 15 is 0 Å². The van der Waals surface area contributed by atoms with E-state index in [1.165, 1.54) is 6.08 Å². The summed E-state index contributed by atoms with van der Waals surface area (Å²) in [4.78, 5) is 31.5. The van der Waals surface area contributed by atoms with Gasteiger partial charge in [-0.25, -0.2) is 4.98 Å².